The Hall–Kier alpha value is -1.50. The van der Waals surface area contributed by atoms with Crippen LogP contribution in [0.3, 0.4) is 0 Å². The molecule has 2 fully saturated rings. The van der Waals surface area contributed by atoms with Gasteiger partial charge in [0.05, 0.1) is 0 Å². The maximum absolute atomic E-state index is 13.7. The molecule has 0 saturated heterocycles. The summed E-state index contributed by atoms with van der Waals surface area (Å²) in [5.41, 5.74) is 0.263. The molecule has 4 N–H and O–H groups in total. The van der Waals surface area contributed by atoms with Gasteiger partial charge in [-0.1, -0.05) is 0 Å². The zero-order valence-corrected chi connectivity index (χ0v) is 7.44. The molecule has 0 aromatic carbocycles. The van der Waals surface area contributed by atoms with Gasteiger partial charge in [-0.05, 0) is 0 Å². The van der Waals surface area contributed by atoms with Crippen LogP contribution >= 0.6 is 0 Å². The zero-order valence-electron chi connectivity index (χ0n) is 7.44. The number of ketones is 1. The number of alkyl halides is 1. The van der Waals surface area contributed by atoms with Crippen LogP contribution in [0.5, 0.6) is 0 Å². The molecule has 2 aliphatic carbocycles. The molecule has 0 aliphatic heterocycles. The lowest BCUT2D eigenvalue weighted by Gasteiger charge is -2.21. The molecule has 7 heteroatoms. The predicted octanol–water partition coefficient (Wildman–Crippen LogP) is -1.22. The summed E-state index contributed by atoms with van der Waals surface area (Å²) >= 11 is 0. The smallest absolute Gasteiger partial charge is 0.342 e. The molecular weight excluding hydrogens is 209 g/mol. The molecule has 15 heavy (non-hydrogen) atoms. The van der Waals surface area contributed by atoms with E-state index < -0.39 is 47.2 Å². The van der Waals surface area contributed by atoms with Gasteiger partial charge in [0.2, 0.25) is 5.67 Å². The number of carbonyl (C=O) groups excluding carboxylic acids is 1. The lowest BCUT2D eigenvalue weighted by atomic mass is 9.89. The van der Waals surface area contributed by atoms with E-state index in [9.17, 15) is 18.8 Å². The maximum atomic E-state index is 13.7. The largest absolute Gasteiger partial charge is 0.480 e. The average molecular weight is 217 g/mol. The topological polar surface area (TPSA) is 118 Å². The van der Waals surface area contributed by atoms with Crippen LogP contribution < -0.4 is 5.73 Å². The Balaban J connectivity index is 2.41. The van der Waals surface area contributed by atoms with E-state index in [1.165, 1.54) is 0 Å². The molecule has 0 aromatic heterocycles. The number of fused-ring (bicyclic) bond motifs is 1. The molecule has 0 bridgehead atoms. The minimum Gasteiger partial charge on any atom is -0.480 e. The Morgan fingerprint density at radius 1 is 1.40 bits per heavy atom. The Kier molecular flexibility index (Phi) is 1.57. The van der Waals surface area contributed by atoms with Crippen molar-refractivity contribution in [1.82, 2.24) is 0 Å². The standard InChI is InChI=1S/C8H8FNO5/c9-7(5(12)13)2-1-3(11)8(10,4(2)7)6(14)15/h2,4H,1,10H2,(H,12,13)(H,14,15)/t2-,4-,7-,8+/m0/s1. The average Bonchev–Trinajstić information content (AvgIpc) is 2.60. The number of halogens is 1. The van der Waals surface area contributed by atoms with Crippen molar-refractivity contribution in [3.05, 3.63) is 0 Å². The van der Waals surface area contributed by atoms with Crippen LogP contribution in [0.25, 0.3) is 0 Å². The van der Waals surface area contributed by atoms with Gasteiger partial charge in [0.25, 0.3) is 0 Å². The monoisotopic (exact) mass is 217 g/mol. The van der Waals surface area contributed by atoms with Crippen molar-refractivity contribution in [3.8, 4) is 0 Å². The molecule has 0 aromatic rings. The fourth-order valence-corrected chi connectivity index (χ4v) is 2.43. The van der Waals surface area contributed by atoms with Gasteiger partial charge in [-0.3, -0.25) is 4.79 Å². The van der Waals surface area contributed by atoms with Gasteiger partial charge in [0.15, 0.2) is 11.3 Å². The molecule has 0 radical (unpaired) electrons. The van der Waals surface area contributed by atoms with Crippen LogP contribution in [0, 0.1) is 11.8 Å². The van der Waals surface area contributed by atoms with Crippen molar-refractivity contribution in [2.24, 2.45) is 17.6 Å². The highest BCUT2D eigenvalue weighted by Crippen LogP contribution is 2.65. The maximum Gasteiger partial charge on any atom is 0.342 e. The molecule has 4 atom stereocenters. The number of Topliss-reactive ketones (excluding diaryl/α,β-unsaturated/α-hetero) is 1. The highest BCUT2D eigenvalue weighted by atomic mass is 19.1. The van der Waals surface area contributed by atoms with Crippen molar-refractivity contribution in [3.63, 3.8) is 0 Å². The van der Waals surface area contributed by atoms with Crippen LogP contribution in [0.1, 0.15) is 6.42 Å². The number of aliphatic carboxylic acids is 2. The summed E-state index contributed by atoms with van der Waals surface area (Å²) in [6.07, 6.45) is -0.420. The highest BCUT2D eigenvalue weighted by Gasteiger charge is 2.85. The van der Waals surface area contributed by atoms with Crippen LogP contribution in [0.15, 0.2) is 0 Å². The molecule has 2 saturated carbocycles. The third-order valence-corrected chi connectivity index (χ3v) is 3.32. The van der Waals surface area contributed by atoms with Crippen molar-refractivity contribution in [1.29, 1.82) is 0 Å². The Morgan fingerprint density at radius 3 is 2.33 bits per heavy atom. The van der Waals surface area contributed by atoms with Gasteiger partial charge in [-0.15, -0.1) is 0 Å². The molecule has 2 aliphatic rings. The summed E-state index contributed by atoms with van der Waals surface area (Å²) in [5.74, 6) is -6.75. The van der Waals surface area contributed by atoms with Crippen LogP contribution in [-0.2, 0) is 14.4 Å². The Labute approximate surface area is 82.9 Å². The van der Waals surface area contributed by atoms with Crippen LogP contribution in [-0.4, -0.2) is 39.1 Å². The summed E-state index contributed by atoms with van der Waals surface area (Å²) in [7, 11) is 0. The first-order valence-electron chi connectivity index (χ1n) is 4.25. The van der Waals surface area contributed by atoms with Gasteiger partial charge in [0, 0.05) is 18.3 Å². The van der Waals surface area contributed by atoms with Crippen molar-refractivity contribution in [2.75, 3.05) is 0 Å². The van der Waals surface area contributed by atoms with Gasteiger partial charge in [-0.2, -0.15) is 0 Å². The molecule has 6 nitrogen and oxygen atoms in total. The summed E-state index contributed by atoms with van der Waals surface area (Å²) in [5, 5.41) is 17.3. The van der Waals surface area contributed by atoms with E-state index in [1.54, 1.807) is 0 Å². The second-order valence-electron chi connectivity index (χ2n) is 3.96. The summed E-state index contributed by atoms with van der Waals surface area (Å²) in [6, 6.07) is 0. The second kappa shape index (κ2) is 2.35. The number of hydrogen-bond donors (Lipinski definition) is 3. The number of carboxylic acid groups (broad SMARTS) is 2. The second-order valence-corrected chi connectivity index (χ2v) is 3.96. The van der Waals surface area contributed by atoms with Gasteiger partial charge in [-0.25, -0.2) is 14.0 Å². The fraction of sp³-hybridized carbons (Fsp3) is 0.625. The third kappa shape index (κ3) is 0.840. The first kappa shape index (κ1) is 10.0. The zero-order chi connectivity index (χ0) is 11.6. The van der Waals surface area contributed by atoms with Crippen molar-refractivity contribution >= 4 is 17.7 Å². The molecule has 0 spiro atoms. The van der Waals surface area contributed by atoms with E-state index in [-0.39, 0.29) is 0 Å². The van der Waals surface area contributed by atoms with Crippen molar-refractivity contribution in [2.45, 2.75) is 17.6 Å². The Bertz CT molecular complexity index is 396. The first-order chi connectivity index (χ1) is 6.77. The quantitative estimate of drug-likeness (QED) is 0.499. The number of rotatable bonds is 2. The molecule has 0 unspecified atom stereocenters. The summed E-state index contributed by atoms with van der Waals surface area (Å²) in [6.45, 7) is 0. The van der Waals surface area contributed by atoms with E-state index in [4.69, 9.17) is 15.9 Å². The van der Waals surface area contributed by atoms with E-state index in [1.807, 2.05) is 0 Å². The fourth-order valence-electron chi connectivity index (χ4n) is 2.43. The first-order valence-corrected chi connectivity index (χ1v) is 4.25. The number of carbonyl (C=O) groups is 3. The summed E-state index contributed by atoms with van der Waals surface area (Å²) < 4.78 is 13.7. The Morgan fingerprint density at radius 2 is 1.93 bits per heavy atom. The van der Waals surface area contributed by atoms with Gasteiger partial charge in [0.1, 0.15) is 0 Å². The highest BCUT2D eigenvalue weighted by molar-refractivity contribution is 6.13. The predicted molar refractivity (Wildman–Crippen MR) is 42.6 cm³/mol. The molecule has 0 heterocycles. The minimum absolute atomic E-state index is 0.420. The molecule has 0 amide bonds. The SMILES string of the molecule is N[C@]1(C(=O)O)C(=O)C[C@H]2[C@H]1[C@]2(F)C(=O)O. The molecule has 82 valence electrons. The van der Waals surface area contributed by atoms with E-state index in [0.29, 0.717) is 0 Å². The van der Waals surface area contributed by atoms with E-state index in [2.05, 4.69) is 0 Å². The van der Waals surface area contributed by atoms with Crippen molar-refractivity contribution < 1.29 is 29.0 Å². The molecular formula is C8H8FNO5. The van der Waals surface area contributed by atoms with Gasteiger partial charge < -0.3 is 15.9 Å². The number of nitrogens with two attached hydrogens (primary N) is 1. The molecule has 2 rings (SSSR count). The van der Waals surface area contributed by atoms with Crippen LogP contribution in [0.2, 0.25) is 0 Å². The minimum atomic E-state index is -2.65. The summed E-state index contributed by atoms with van der Waals surface area (Å²) in [4.78, 5) is 32.6. The normalized spacial score (nSPS) is 47.5. The van der Waals surface area contributed by atoms with E-state index in [0.717, 1.165) is 0 Å². The number of hydrogen-bond acceptors (Lipinski definition) is 4. The number of carboxylic acids is 2. The third-order valence-electron chi connectivity index (χ3n) is 3.32. The van der Waals surface area contributed by atoms with Crippen LogP contribution in [0.4, 0.5) is 4.39 Å². The van der Waals surface area contributed by atoms with Gasteiger partial charge >= 0.3 is 11.9 Å². The lowest BCUT2D eigenvalue weighted by Crippen LogP contribution is -2.57. The lowest BCUT2D eigenvalue weighted by molar-refractivity contribution is -0.152. The van der Waals surface area contributed by atoms with E-state index >= 15 is 0 Å².